The summed E-state index contributed by atoms with van der Waals surface area (Å²) < 4.78 is 37.4. The number of hydrogen-bond acceptors (Lipinski definition) is 8. The average molecular weight is 477 g/mol. The number of nitrogens with zero attached hydrogens (tertiary/aromatic N) is 2. The molecule has 170 valence electrons. The van der Waals surface area contributed by atoms with Gasteiger partial charge in [-0.2, -0.15) is 0 Å². The van der Waals surface area contributed by atoms with Crippen LogP contribution in [0.5, 0.6) is 5.75 Å². The molecule has 0 radical (unpaired) electrons. The second-order valence-electron chi connectivity index (χ2n) is 6.78. The van der Waals surface area contributed by atoms with E-state index < -0.39 is 10.0 Å². The van der Waals surface area contributed by atoms with Gasteiger partial charge in [0.1, 0.15) is 16.5 Å². The second kappa shape index (κ2) is 10.6. The summed E-state index contributed by atoms with van der Waals surface area (Å²) in [5, 5.41) is 7.24. The summed E-state index contributed by atoms with van der Waals surface area (Å²) in [5.41, 5.74) is 2.20. The average Bonchev–Trinajstić information content (AvgIpc) is 3.12. The molecular weight excluding hydrogens is 452 g/mol. The summed E-state index contributed by atoms with van der Waals surface area (Å²) in [7, 11) is -2.18. The number of pyridine rings is 1. The van der Waals surface area contributed by atoms with E-state index in [0.717, 1.165) is 17.0 Å². The molecule has 0 spiro atoms. The SMILES string of the molecule is COc1ccc(S(=O)(=O)NCCNC(=O)c2cccnc2SCc2c(C)noc2C)cc1. The smallest absolute Gasteiger partial charge is 0.254 e. The van der Waals surface area contributed by atoms with E-state index in [-0.39, 0.29) is 23.9 Å². The lowest BCUT2D eigenvalue weighted by Gasteiger charge is -2.10. The number of ether oxygens (including phenoxy) is 1. The molecule has 2 N–H and O–H groups in total. The first-order chi connectivity index (χ1) is 15.3. The molecule has 2 heterocycles. The Morgan fingerprint density at radius 2 is 1.91 bits per heavy atom. The van der Waals surface area contributed by atoms with Gasteiger partial charge in [-0.3, -0.25) is 4.79 Å². The predicted octanol–water partition coefficient (Wildman–Crippen LogP) is 2.70. The molecule has 0 unspecified atom stereocenters. The summed E-state index contributed by atoms with van der Waals surface area (Å²) in [6.07, 6.45) is 1.62. The van der Waals surface area contributed by atoms with E-state index in [1.165, 1.54) is 31.0 Å². The van der Waals surface area contributed by atoms with Crippen molar-refractivity contribution in [3.05, 3.63) is 65.2 Å². The van der Waals surface area contributed by atoms with Crippen molar-refractivity contribution in [2.45, 2.75) is 29.5 Å². The number of nitrogens with one attached hydrogen (secondary N) is 2. The Bertz CT molecular complexity index is 1160. The van der Waals surface area contributed by atoms with Crippen LogP contribution < -0.4 is 14.8 Å². The van der Waals surface area contributed by atoms with E-state index in [1.807, 2.05) is 13.8 Å². The zero-order chi connectivity index (χ0) is 23.1. The minimum absolute atomic E-state index is 0.0436. The molecule has 0 fully saturated rings. The number of amides is 1. The third kappa shape index (κ3) is 5.87. The van der Waals surface area contributed by atoms with Gasteiger partial charge in [0.2, 0.25) is 10.0 Å². The Hall–Kier alpha value is -2.89. The van der Waals surface area contributed by atoms with E-state index in [9.17, 15) is 13.2 Å². The zero-order valence-electron chi connectivity index (χ0n) is 17.9. The molecule has 3 aromatic rings. The second-order valence-corrected chi connectivity index (χ2v) is 9.51. The van der Waals surface area contributed by atoms with E-state index in [4.69, 9.17) is 9.26 Å². The van der Waals surface area contributed by atoms with Crippen molar-refractivity contribution in [1.29, 1.82) is 0 Å². The lowest BCUT2D eigenvalue weighted by atomic mass is 10.2. The van der Waals surface area contributed by atoms with Gasteiger partial charge in [-0.25, -0.2) is 18.1 Å². The maximum atomic E-state index is 12.6. The van der Waals surface area contributed by atoms with Crippen molar-refractivity contribution in [3.63, 3.8) is 0 Å². The van der Waals surface area contributed by atoms with Crippen LogP contribution in [0.1, 0.15) is 27.4 Å². The number of benzene rings is 1. The molecule has 0 aliphatic rings. The van der Waals surface area contributed by atoms with Crippen LogP contribution in [0.15, 0.2) is 57.0 Å². The number of methoxy groups -OCH3 is 1. The quantitative estimate of drug-likeness (QED) is 0.338. The Labute approximate surface area is 191 Å². The molecule has 2 aromatic heterocycles. The Balaban J connectivity index is 1.55. The van der Waals surface area contributed by atoms with E-state index >= 15 is 0 Å². The lowest BCUT2D eigenvalue weighted by Crippen LogP contribution is -2.35. The van der Waals surface area contributed by atoms with E-state index in [0.29, 0.717) is 22.1 Å². The molecule has 0 aliphatic carbocycles. The minimum Gasteiger partial charge on any atom is -0.497 e. The highest BCUT2D eigenvalue weighted by atomic mass is 32.2. The van der Waals surface area contributed by atoms with Crippen LogP contribution in [0.25, 0.3) is 0 Å². The van der Waals surface area contributed by atoms with Crippen LogP contribution in [0.2, 0.25) is 0 Å². The highest BCUT2D eigenvalue weighted by Gasteiger charge is 2.17. The zero-order valence-corrected chi connectivity index (χ0v) is 19.5. The van der Waals surface area contributed by atoms with Crippen LogP contribution >= 0.6 is 11.8 Å². The highest BCUT2D eigenvalue weighted by Crippen LogP contribution is 2.27. The fourth-order valence-electron chi connectivity index (χ4n) is 2.82. The van der Waals surface area contributed by atoms with Crippen LogP contribution in [0.3, 0.4) is 0 Å². The van der Waals surface area contributed by atoms with Crippen LogP contribution in [0.4, 0.5) is 0 Å². The molecule has 0 bridgehead atoms. The minimum atomic E-state index is -3.69. The predicted molar refractivity (Wildman–Crippen MR) is 120 cm³/mol. The molecular formula is C21H24N4O5S2. The Kier molecular flexibility index (Phi) is 7.89. The van der Waals surface area contributed by atoms with Gasteiger partial charge in [-0.1, -0.05) is 5.16 Å². The third-order valence-corrected chi connectivity index (χ3v) is 7.13. The number of carbonyl (C=O) groups is 1. The fraction of sp³-hybridized carbons (Fsp3) is 0.286. The number of sulfonamides is 1. The molecule has 1 aromatic carbocycles. The van der Waals surface area contributed by atoms with Gasteiger partial charge in [-0.05, 0) is 50.2 Å². The summed E-state index contributed by atoms with van der Waals surface area (Å²) in [5.74, 6) is 1.54. The van der Waals surface area contributed by atoms with Crippen molar-refractivity contribution >= 4 is 27.7 Å². The Morgan fingerprint density at radius 3 is 2.56 bits per heavy atom. The van der Waals surface area contributed by atoms with Crippen molar-refractivity contribution in [3.8, 4) is 5.75 Å². The lowest BCUT2D eigenvalue weighted by molar-refractivity contribution is 0.0950. The molecule has 0 saturated heterocycles. The first-order valence-electron chi connectivity index (χ1n) is 9.73. The largest absolute Gasteiger partial charge is 0.497 e. The van der Waals surface area contributed by atoms with Gasteiger partial charge in [-0.15, -0.1) is 11.8 Å². The maximum Gasteiger partial charge on any atom is 0.254 e. The number of carbonyl (C=O) groups excluding carboxylic acids is 1. The number of rotatable bonds is 10. The van der Waals surface area contributed by atoms with Crippen LogP contribution in [0, 0.1) is 13.8 Å². The van der Waals surface area contributed by atoms with E-state index in [2.05, 4.69) is 20.2 Å². The monoisotopic (exact) mass is 476 g/mol. The molecule has 9 nitrogen and oxygen atoms in total. The first kappa shape index (κ1) is 23.8. The van der Waals surface area contributed by atoms with Gasteiger partial charge in [0.25, 0.3) is 5.91 Å². The van der Waals surface area contributed by atoms with Crippen molar-refractivity contribution in [1.82, 2.24) is 20.2 Å². The summed E-state index contributed by atoms with van der Waals surface area (Å²) >= 11 is 1.41. The number of thioether (sulfide) groups is 1. The fourth-order valence-corrected chi connectivity index (χ4v) is 5.00. The van der Waals surface area contributed by atoms with Gasteiger partial charge in [0.15, 0.2) is 0 Å². The van der Waals surface area contributed by atoms with Gasteiger partial charge >= 0.3 is 0 Å². The summed E-state index contributed by atoms with van der Waals surface area (Å²) in [4.78, 5) is 17.1. The Morgan fingerprint density at radius 1 is 1.16 bits per heavy atom. The number of hydrogen-bond donors (Lipinski definition) is 2. The highest BCUT2D eigenvalue weighted by molar-refractivity contribution is 7.98. The normalized spacial score (nSPS) is 11.3. The summed E-state index contributed by atoms with van der Waals surface area (Å²) in [6.45, 7) is 3.87. The first-order valence-corrected chi connectivity index (χ1v) is 12.2. The molecule has 11 heteroatoms. The number of aromatic nitrogens is 2. The summed E-state index contributed by atoms with van der Waals surface area (Å²) in [6, 6.07) is 9.41. The van der Waals surface area contributed by atoms with Gasteiger partial charge in [0.05, 0.1) is 23.3 Å². The van der Waals surface area contributed by atoms with E-state index in [1.54, 1.807) is 30.5 Å². The van der Waals surface area contributed by atoms with Crippen LogP contribution in [-0.2, 0) is 15.8 Å². The topological polar surface area (TPSA) is 123 Å². The standard InChI is InChI=1S/C21H24N4O5S2/c1-14-19(15(2)30-25-14)13-31-21-18(5-4-10-23-21)20(26)22-11-12-24-32(27,28)17-8-6-16(29-3)7-9-17/h4-10,24H,11-13H2,1-3H3,(H,22,26). The molecule has 0 aliphatic heterocycles. The third-order valence-electron chi connectivity index (χ3n) is 4.62. The molecule has 3 rings (SSSR count). The van der Waals surface area contributed by atoms with Crippen LogP contribution in [-0.4, -0.2) is 44.7 Å². The maximum absolute atomic E-state index is 12.6. The molecule has 0 atom stereocenters. The number of aryl methyl sites for hydroxylation is 2. The van der Waals surface area contributed by atoms with Gasteiger partial charge < -0.3 is 14.6 Å². The molecule has 32 heavy (non-hydrogen) atoms. The molecule has 1 amide bonds. The van der Waals surface area contributed by atoms with Crippen molar-refractivity contribution in [2.75, 3.05) is 20.2 Å². The van der Waals surface area contributed by atoms with Crippen molar-refractivity contribution in [2.24, 2.45) is 0 Å². The molecule has 0 saturated carbocycles. The van der Waals surface area contributed by atoms with Crippen molar-refractivity contribution < 1.29 is 22.5 Å². The van der Waals surface area contributed by atoms with Gasteiger partial charge in [0, 0.05) is 30.6 Å².